The molecule has 0 aliphatic carbocycles. The minimum absolute atomic E-state index is 0.0445. The van der Waals surface area contributed by atoms with Crippen molar-refractivity contribution in [3.8, 4) is 0 Å². The van der Waals surface area contributed by atoms with Crippen LogP contribution in [-0.2, 0) is 15.9 Å². The molecule has 2 aromatic carbocycles. The molecular weight excluding hydrogens is 314 g/mol. The predicted molar refractivity (Wildman–Crippen MR) is 97.6 cm³/mol. The van der Waals surface area contributed by atoms with Gasteiger partial charge >= 0.3 is 0 Å². The van der Waals surface area contributed by atoms with Crippen LogP contribution >= 0.6 is 0 Å². The SMILES string of the molecule is COCCO[C@@H]1CCN(C(=O)c2ccccc2)[C@H]1Cc1ccccc1. The second-order valence-electron chi connectivity index (χ2n) is 6.31. The number of hydrogen-bond acceptors (Lipinski definition) is 3. The Kier molecular flexibility index (Phi) is 6.20. The second-order valence-corrected chi connectivity index (χ2v) is 6.31. The van der Waals surface area contributed by atoms with E-state index in [4.69, 9.17) is 9.47 Å². The Morgan fingerprint density at radius 3 is 2.40 bits per heavy atom. The fraction of sp³-hybridized carbons (Fsp3) is 0.381. The van der Waals surface area contributed by atoms with Crippen LogP contribution < -0.4 is 0 Å². The summed E-state index contributed by atoms with van der Waals surface area (Å²) in [6, 6.07) is 19.8. The van der Waals surface area contributed by atoms with Crippen LogP contribution in [0.25, 0.3) is 0 Å². The van der Waals surface area contributed by atoms with Gasteiger partial charge in [-0.05, 0) is 30.5 Å². The fourth-order valence-corrected chi connectivity index (χ4v) is 3.40. The van der Waals surface area contributed by atoms with Gasteiger partial charge in [0.15, 0.2) is 0 Å². The van der Waals surface area contributed by atoms with Crippen LogP contribution in [-0.4, -0.2) is 49.8 Å². The molecule has 1 amide bonds. The van der Waals surface area contributed by atoms with Gasteiger partial charge in [0.2, 0.25) is 0 Å². The number of nitrogens with zero attached hydrogens (tertiary/aromatic N) is 1. The molecule has 0 saturated carbocycles. The molecule has 1 aliphatic rings. The number of methoxy groups -OCH3 is 1. The number of hydrogen-bond donors (Lipinski definition) is 0. The summed E-state index contributed by atoms with van der Waals surface area (Å²) in [5.41, 5.74) is 1.96. The predicted octanol–water partition coefficient (Wildman–Crippen LogP) is 3.18. The zero-order chi connectivity index (χ0) is 17.5. The minimum atomic E-state index is 0.0445. The summed E-state index contributed by atoms with van der Waals surface area (Å²) < 4.78 is 11.1. The van der Waals surface area contributed by atoms with Gasteiger partial charge in [0.1, 0.15) is 0 Å². The van der Waals surface area contributed by atoms with E-state index in [1.165, 1.54) is 5.56 Å². The third kappa shape index (κ3) is 4.47. The summed E-state index contributed by atoms with van der Waals surface area (Å²) in [6.07, 6.45) is 1.71. The lowest BCUT2D eigenvalue weighted by Crippen LogP contribution is -2.42. The van der Waals surface area contributed by atoms with E-state index in [0.717, 1.165) is 24.9 Å². The Hall–Kier alpha value is -2.17. The van der Waals surface area contributed by atoms with E-state index < -0.39 is 0 Å². The van der Waals surface area contributed by atoms with E-state index in [0.29, 0.717) is 13.2 Å². The van der Waals surface area contributed by atoms with Gasteiger partial charge < -0.3 is 14.4 Å². The van der Waals surface area contributed by atoms with Gasteiger partial charge in [0, 0.05) is 19.2 Å². The Bertz CT molecular complexity index is 659. The number of rotatable bonds is 7. The third-order valence-electron chi connectivity index (χ3n) is 4.67. The Morgan fingerprint density at radius 1 is 1.04 bits per heavy atom. The highest BCUT2D eigenvalue weighted by Gasteiger charge is 2.37. The lowest BCUT2D eigenvalue weighted by Gasteiger charge is -2.28. The van der Waals surface area contributed by atoms with Gasteiger partial charge in [-0.2, -0.15) is 0 Å². The highest BCUT2D eigenvalue weighted by molar-refractivity contribution is 5.94. The molecule has 0 spiro atoms. The Balaban J connectivity index is 1.77. The van der Waals surface area contributed by atoms with Crippen LogP contribution in [0.3, 0.4) is 0 Å². The van der Waals surface area contributed by atoms with Crippen LogP contribution in [0.5, 0.6) is 0 Å². The van der Waals surface area contributed by atoms with Crippen molar-refractivity contribution in [2.75, 3.05) is 26.9 Å². The molecule has 1 saturated heterocycles. The number of amides is 1. The first-order valence-corrected chi connectivity index (χ1v) is 8.80. The van der Waals surface area contributed by atoms with Crippen molar-refractivity contribution in [1.82, 2.24) is 4.90 Å². The van der Waals surface area contributed by atoms with Crippen LogP contribution in [0.15, 0.2) is 60.7 Å². The maximum atomic E-state index is 13.0. The van der Waals surface area contributed by atoms with E-state index in [2.05, 4.69) is 12.1 Å². The highest BCUT2D eigenvalue weighted by Crippen LogP contribution is 2.26. The van der Waals surface area contributed by atoms with Gasteiger partial charge in [-0.25, -0.2) is 0 Å². The van der Waals surface area contributed by atoms with Crippen molar-refractivity contribution in [2.45, 2.75) is 25.0 Å². The Morgan fingerprint density at radius 2 is 1.72 bits per heavy atom. The van der Waals surface area contributed by atoms with Crippen molar-refractivity contribution in [2.24, 2.45) is 0 Å². The molecule has 2 atom stereocenters. The van der Waals surface area contributed by atoms with Crippen molar-refractivity contribution >= 4 is 5.91 Å². The number of likely N-dealkylation sites (tertiary alicyclic amines) is 1. The lowest BCUT2D eigenvalue weighted by molar-refractivity contribution is 0.000496. The Labute approximate surface area is 149 Å². The minimum Gasteiger partial charge on any atom is -0.382 e. The average molecular weight is 339 g/mol. The molecular formula is C21H25NO3. The van der Waals surface area contributed by atoms with Crippen molar-refractivity contribution in [1.29, 1.82) is 0 Å². The van der Waals surface area contributed by atoms with Crippen LogP contribution in [0.2, 0.25) is 0 Å². The monoisotopic (exact) mass is 339 g/mol. The zero-order valence-corrected chi connectivity index (χ0v) is 14.6. The zero-order valence-electron chi connectivity index (χ0n) is 14.6. The number of carbonyl (C=O) groups is 1. The summed E-state index contributed by atoms with van der Waals surface area (Å²) in [6.45, 7) is 1.85. The van der Waals surface area contributed by atoms with E-state index in [1.807, 2.05) is 53.4 Å². The third-order valence-corrected chi connectivity index (χ3v) is 4.67. The van der Waals surface area contributed by atoms with Gasteiger partial charge in [-0.1, -0.05) is 48.5 Å². The molecule has 4 heteroatoms. The molecule has 25 heavy (non-hydrogen) atoms. The molecule has 0 unspecified atom stereocenters. The molecule has 0 radical (unpaired) electrons. The summed E-state index contributed by atoms with van der Waals surface area (Å²) in [4.78, 5) is 14.9. The molecule has 1 aliphatic heterocycles. The molecule has 1 fully saturated rings. The topological polar surface area (TPSA) is 38.8 Å². The van der Waals surface area contributed by atoms with Crippen LogP contribution in [0.1, 0.15) is 22.3 Å². The number of ether oxygens (including phenoxy) is 2. The maximum absolute atomic E-state index is 13.0. The largest absolute Gasteiger partial charge is 0.382 e. The number of benzene rings is 2. The second kappa shape index (κ2) is 8.79. The first kappa shape index (κ1) is 17.6. The number of carbonyl (C=O) groups excluding carboxylic acids is 1. The van der Waals surface area contributed by atoms with E-state index in [9.17, 15) is 4.79 Å². The molecule has 132 valence electrons. The molecule has 2 aromatic rings. The maximum Gasteiger partial charge on any atom is 0.254 e. The van der Waals surface area contributed by atoms with E-state index in [-0.39, 0.29) is 18.1 Å². The smallest absolute Gasteiger partial charge is 0.254 e. The first-order valence-electron chi connectivity index (χ1n) is 8.80. The first-order chi connectivity index (χ1) is 12.3. The summed E-state index contributed by atoms with van der Waals surface area (Å²) in [5, 5.41) is 0. The fourth-order valence-electron chi connectivity index (χ4n) is 3.40. The normalized spacial score (nSPS) is 20.0. The summed E-state index contributed by atoms with van der Waals surface area (Å²) >= 11 is 0. The van der Waals surface area contributed by atoms with Gasteiger partial charge in [-0.3, -0.25) is 4.79 Å². The molecule has 4 nitrogen and oxygen atoms in total. The van der Waals surface area contributed by atoms with Crippen molar-refractivity contribution in [3.63, 3.8) is 0 Å². The lowest BCUT2D eigenvalue weighted by atomic mass is 10.0. The van der Waals surface area contributed by atoms with Crippen LogP contribution in [0, 0.1) is 0 Å². The average Bonchev–Trinajstić information content (AvgIpc) is 3.05. The van der Waals surface area contributed by atoms with Gasteiger partial charge in [0.05, 0.1) is 25.4 Å². The summed E-state index contributed by atoms with van der Waals surface area (Å²) in [5.74, 6) is 0.0828. The standard InChI is InChI=1S/C21H25NO3/c1-24-14-15-25-20-12-13-22(21(23)18-10-6-3-7-11-18)19(20)16-17-8-4-2-5-9-17/h2-11,19-20H,12-16H2,1H3/t19-,20+/m0/s1. The highest BCUT2D eigenvalue weighted by atomic mass is 16.5. The molecule has 3 rings (SSSR count). The van der Waals surface area contributed by atoms with E-state index in [1.54, 1.807) is 7.11 Å². The molecule has 0 N–H and O–H groups in total. The van der Waals surface area contributed by atoms with E-state index >= 15 is 0 Å². The van der Waals surface area contributed by atoms with Gasteiger partial charge in [0.25, 0.3) is 5.91 Å². The van der Waals surface area contributed by atoms with Crippen molar-refractivity contribution in [3.05, 3.63) is 71.8 Å². The summed E-state index contributed by atoms with van der Waals surface area (Å²) in [7, 11) is 1.67. The molecule has 0 bridgehead atoms. The van der Waals surface area contributed by atoms with Crippen LogP contribution in [0.4, 0.5) is 0 Å². The quantitative estimate of drug-likeness (QED) is 0.727. The van der Waals surface area contributed by atoms with Crippen molar-refractivity contribution < 1.29 is 14.3 Å². The van der Waals surface area contributed by atoms with Gasteiger partial charge in [-0.15, -0.1) is 0 Å². The molecule has 0 aromatic heterocycles. The molecule has 1 heterocycles.